The minimum atomic E-state index is -1.86. The first-order valence-electron chi connectivity index (χ1n) is 27.7. The summed E-state index contributed by atoms with van der Waals surface area (Å²) in [6.07, 6.45) is -6.56. The number of hydrogen-bond acceptors (Lipinski definition) is 17. The van der Waals surface area contributed by atoms with E-state index in [1.165, 1.54) is 58.2 Å². The molecule has 0 aromatic heterocycles. The topological polar surface area (TPSA) is 392 Å². The number of piperidine rings is 1. The van der Waals surface area contributed by atoms with Crippen LogP contribution in [-0.4, -0.2) is 192 Å². The van der Waals surface area contributed by atoms with Crippen molar-refractivity contribution >= 4 is 70.7 Å². The van der Waals surface area contributed by atoms with Gasteiger partial charge in [0.15, 0.2) is 6.10 Å². The van der Waals surface area contributed by atoms with Gasteiger partial charge in [-0.05, 0) is 106 Å². The van der Waals surface area contributed by atoms with Crippen LogP contribution in [0, 0.1) is 17.8 Å². The van der Waals surface area contributed by atoms with Gasteiger partial charge in [0.05, 0.1) is 17.7 Å². The van der Waals surface area contributed by atoms with Gasteiger partial charge in [-0.1, -0.05) is 77.8 Å². The number of aliphatic hydroxyl groups is 4. The Bertz CT molecular complexity index is 2640. The number of phenolic OH excluding ortho intramolecular Hbond substituents is 2. The highest BCUT2D eigenvalue weighted by molar-refractivity contribution is 6.32. The molecule has 14 unspecified atom stereocenters. The van der Waals surface area contributed by atoms with Crippen molar-refractivity contribution < 1.29 is 83.3 Å². The van der Waals surface area contributed by atoms with Gasteiger partial charge < -0.3 is 82.4 Å². The number of benzene rings is 2. The zero-order valence-electron chi connectivity index (χ0n) is 48.4. The van der Waals surface area contributed by atoms with Crippen LogP contribution < -0.4 is 37.2 Å². The number of rotatable bonds is 20. The number of ether oxygens (including phenoxy) is 1. The van der Waals surface area contributed by atoms with Gasteiger partial charge >= 0.3 is 5.97 Å². The predicted molar refractivity (Wildman–Crippen MR) is 299 cm³/mol. The number of halogens is 1. The molecule has 2 aliphatic heterocycles. The number of nitrogens with zero attached hydrogens (tertiary/aromatic N) is 2. The summed E-state index contributed by atoms with van der Waals surface area (Å²) in [5.41, 5.74) is 1.11. The van der Waals surface area contributed by atoms with Crippen LogP contribution in [0.1, 0.15) is 106 Å². The number of hydrogen-bond donors (Lipinski definition) is 13. The molecule has 2 saturated heterocycles. The SMILES string of the molecule is CCC(C)C1NC(=O)C(NC(=O)C(NC(=O)C(C)NC(=O)C(CCCc2ccc(O)cc2)NC(=O)C(O)CO)C(C)C)C(C)OC(=O)C(C(C)C)NC(=O)C(Cc2ccc(O)c(Cl)c2)N(C)C(=O)C(C(C)O)N2C(=O)C(CCC2O)NC1=O. The van der Waals surface area contributed by atoms with Gasteiger partial charge in [-0.15, -0.1) is 0 Å². The second-order valence-corrected chi connectivity index (χ2v) is 22.4. The fourth-order valence-electron chi connectivity index (χ4n) is 9.49. The quantitative estimate of drug-likeness (QED) is 0.0700. The summed E-state index contributed by atoms with van der Waals surface area (Å²) in [7, 11) is 1.21. The zero-order chi connectivity index (χ0) is 62.3. The van der Waals surface area contributed by atoms with Crippen molar-refractivity contribution in [3.05, 3.63) is 58.6 Å². The highest BCUT2D eigenvalue weighted by Crippen LogP contribution is 2.28. The molecule has 2 fully saturated rings. The van der Waals surface area contributed by atoms with Gasteiger partial charge in [-0.25, -0.2) is 4.79 Å². The molecule has 26 nitrogen and oxygen atoms in total. The number of likely N-dealkylation sites (N-methyl/N-ethyl adjacent to an activating group) is 1. The molecular weight excluding hydrogens is 1110 g/mol. The van der Waals surface area contributed by atoms with Crippen LogP contribution in [0.25, 0.3) is 0 Å². The Labute approximate surface area is 487 Å². The van der Waals surface area contributed by atoms with E-state index in [1.807, 2.05) is 0 Å². The third-order valence-electron chi connectivity index (χ3n) is 14.8. The van der Waals surface area contributed by atoms with E-state index >= 15 is 0 Å². The number of cyclic esters (lactones) is 1. The average molecular weight is 1190 g/mol. The maximum Gasteiger partial charge on any atom is 0.329 e. The van der Waals surface area contributed by atoms with Crippen molar-refractivity contribution in [1.29, 1.82) is 0 Å². The molecule has 0 radical (unpaired) electrons. The molecule has 4 rings (SSSR count). The maximum absolute atomic E-state index is 14.8. The summed E-state index contributed by atoms with van der Waals surface area (Å²) < 4.78 is 5.89. The van der Waals surface area contributed by atoms with Crippen LogP contribution in [0.5, 0.6) is 11.5 Å². The summed E-state index contributed by atoms with van der Waals surface area (Å²) in [6, 6.07) is -3.58. The maximum atomic E-state index is 14.8. The number of fused-ring (bicyclic) bond motifs is 2. The molecule has 0 saturated carbocycles. The molecule has 83 heavy (non-hydrogen) atoms. The van der Waals surface area contributed by atoms with Gasteiger partial charge in [-0.3, -0.25) is 43.2 Å². The van der Waals surface area contributed by atoms with E-state index in [0.717, 1.165) is 15.4 Å². The Balaban J connectivity index is 1.73. The van der Waals surface area contributed by atoms with Crippen LogP contribution in [0.3, 0.4) is 0 Å². The fourth-order valence-corrected chi connectivity index (χ4v) is 9.69. The number of aryl methyl sites for hydroxylation is 1. The molecule has 27 heteroatoms. The lowest BCUT2D eigenvalue weighted by Crippen LogP contribution is -2.67. The lowest BCUT2D eigenvalue weighted by Gasteiger charge is -2.43. The number of aliphatic hydroxyl groups excluding tert-OH is 4. The smallest absolute Gasteiger partial charge is 0.329 e. The van der Waals surface area contributed by atoms with Crippen molar-refractivity contribution in [2.75, 3.05) is 13.7 Å². The molecule has 14 atom stereocenters. The van der Waals surface area contributed by atoms with Gasteiger partial charge in [0.1, 0.15) is 78.2 Å². The van der Waals surface area contributed by atoms with E-state index < -0.39 is 162 Å². The van der Waals surface area contributed by atoms with Crippen LogP contribution in [0.4, 0.5) is 0 Å². The average Bonchev–Trinajstić information content (AvgIpc) is 3.65. The number of esters is 1. The summed E-state index contributed by atoms with van der Waals surface area (Å²) in [5.74, 6) is -12.4. The Kier molecular flexibility index (Phi) is 25.5. The number of carbonyl (C=O) groups excluding carboxylic acids is 10. The van der Waals surface area contributed by atoms with Crippen molar-refractivity contribution in [2.24, 2.45) is 17.8 Å². The Morgan fingerprint density at radius 3 is 1.98 bits per heavy atom. The Morgan fingerprint density at radius 2 is 1.40 bits per heavy atom. The number of nitrogens with one attached hydrogen (secondary N) is 7. The lowest BCUT2D eigenvalue weighted by atomic mass is 9.94. The highest BCUT2D eigenvalue weighted by atomic mass is 35.5. The first-order chi connectivity index (χ1) is 38.9. The van der Waals surface area contributed by atoms with E-state index in [-0.39, 0.29) is 48.6 Å². The van der Waals surface area contributed by atoms with Crippen molar-refractivity contribution in [1.82, 2.24) is 47.0 Å². The first-order valence-corrected chi connectivity index (χ1v) is 28.1. The van der Waals surface area contributed by atoms with Gasteiger partial charge in [0.25, 0.3) is 5.91 Å². The van der Waals surface area contributed by atoms with E-state index in [4.69, 9.17) is 16.3 Å². The minimum absolute atomic E-state index is 0.000546. The third kappa shape index (κ3) is 18.4. The molecule has 13 N–H and O–H groups in total. The second-order valence-electron chi connectivity index (χ2n) is 22.0. The van der Waals surface area contributed by atoms with Gasteiger partial charge in [-0.2, -0.15) is 0 Å². The second kappa shape index (κ2) is 31.0. The molecule has 9 amide bonds. The van der Waals surface area contributed by atoms with Crippen molar-refractivity contribution in [3.8, 4) is 11.5 Å². The van der Waals surface area contributed by atoms with Crippen LogP contribution in [0.15, 0.2) is 42.5 Å². The van der Waals surface area contributed by atoms with E-state index in [2.05, 4.69) is 37.2 Å². The molecule has 0 spiro atoms. The Hall–Kier alpha value is -7.13. The molecule has 2 bridgehead atoms. The van der Waals surface area contributed by atoms with E-state index in [0.29, 0.717) is 18.4 Å². The summed E-state index contributed by atoms with van der Waals surface area (Å²) in [5, 5.41) is 79.4. The normalized spacial score (nSPS) is 24.5. The highest BCUT2D eigenvalue weighted by Gasteiger charge is 2.48. The van der Waals surface area contributed by atoms with E-state index in [9.17, 15) is 78.6 Å². The molecule has 2 aromatic carbocycles. The van der Waals surface area contributed by atoms with Gasteiger partial charge in [0.2, 0.25) is 47.3 Å². The monoisotopic (exact) mass is 1190 g/mol. The number of aromatic hydroxyl groups is 2. The summed E-state index contributed by atoms with van der Waals surface area (Å²) >= 11 is 6.23. The van der Waals surface area contributed by atoms with Crippen LogP contribution in [0.2, 0.25) is 5.02 Å². The predicted octanol–water partition coefficient (Wildman–Crippen LogP) is -1.10. The van der Waals surface area contributed by atoms with Crippen LogP contribution in [-0.2, 0) is 65.5 Å². The number of phenols is 2. The van der Waals surface area contributed by atoms with Gasteiger partial charge in [0, 0.05) is 13.5 Å². The van der Waals surface area contributed by atoms with Crippen molar-refractivity contribution in [2.45, 2.75) is 186 Å². The number of amides is 9. The lowest BCUT2D eigenvalue weighted by molar-refractivity contribution is -0.170. The molecular formula is C56H82ClN9O17. The van der Waals surface area contributed by atoms with Crippen LogP contribution >= 0.6 is 11.6 Å². The molecule has 460 valence electrons. The standard InChI is InChI=1S/C56H82ClN9O17/c1-11-28(6)44-52(78)60-37-20-22-41(72)66(54(37)80)46(30(8)68)55(81)65(10)38(24-33-17-21-39(70)35(57)23-33)49(75)62-43(27(4)5)56(82)83-31(9)45(53(79)63-44)64-51(77)42(26(2)3)61-47(73)29(7)58-48(74)36(59-50(76)40(71)25-67)14-12-13-32-15-18-34(69)19-16-32/h15-19,21,23,26-31,36-38,40-46,67-72H,11-14,20,22,24-25H2,1-10H3,(H,58,74)(H,59,76)(H,60,78)(H,61,73)(H,62,75)(H,63,79)(H,64,77). The summed E-state index contributed by atoms with van der Waals surface area (Å²) in [4.78, 5) is 144. The molecule has 0 aliphatic carbocycles. The Morgan fingerprint density at radius 1 is 0.771 bits per heavy atom. The zero-order valence-corrected chi connectivity index (χ0v) is 49.1. The number of carbonyl (C=O) groups is 10. The molecule has 2 aliphatic rings. The minimum Gasteiger partial charge on any atom is -0.508 e. The summed E-state index contributed by atoms with van der Waals surface area (Å²) in [6.45, 7) is 12.3. The molecule has 2 heterocycles. The third-order valence-corrected chi connectivity index (χ3v) is 15.1. The van der Waals surface area contributed by atoms with Crippen molar-refractivity contribution in [3.63, 3.8) is 0 Å². The first kappa shape index (κ1) is 68.4. The fraction of sp³-hybridized carbons (Fsp3) is 0.607. The van der Waals surface area contributed by atoms with E-state index in [1.54, 1.807) is 53.7 Å². The largest absolute Gasteiger partial charge is 0.508 e. The molecule has 2 aromatic rings.